The van der Waals surface area contributed by atoms with Crippen molar-refractivity contribution in [3.8, 4) is 0 Å². The smallest absolute Gasteiger partial charge is 0.262 e. The van der Waals surface area contributed by atoms with Gasteiger partial charge in [-0.2, -0.15) is 0 Å². The summed E-state index contributed by atoms with van der Waals surface area (Å²) >= 11 is 0. The Morgan fingerprint density at radius 3 is 2.45 bits per heavy atom. The van der Waals surface area contributed by atoms with Gasteiger partial charge in [0.05, 0.1) is 16.1 Å². The first-order valence-corrected chi connectivity index (χ1v) is 12.0. The number of aromatic nitrogens is 1. The van der Waals surface area contributed by atoms with Gasteiger partial charge in [0.15, 0.2) is 0 Å². The maximum atomic E-state index is 13.1. The Balaban J connectivity index is 1.77. The number of benzene rings is 2. The zero-order chi connectivity index (χ0) is 20.7. The Kier molecular flexibility index (Phi) is 7.26. The number of aryl methyl sites for hydroxylation is 1. The highest BCUT2D eigenvalue weighted by molar-refractivity contribution is 7.92. The largest absolute Gasteiger partial charge is 0.277 e. The van der Waals surface area contributed by atoms with Crippen molar-refractivity contribution in [1.82, 2.24) is 4.98 Å². The number of unbranched alkanes of at least 4 members (excludes halogenated alkanes) is 5. The molecule has 3 aromatic rings. The van der Waals surface area contributed by atoms with Gasteiger partial charge in [-0.25, -0.2) is 8.42 Å². The number of rotatable bonds is 10. The van der Waals surface area contributed by atoms with E-state index in [1.807, 2.05) is 43.3 Å². The van der Waals surface area contributed by atoms with E-state index in [4.69, 9.17) is 0 Å². The predicted molar refractivity (Wildman–Crippen MR) is 121 cm³/mol. The van der Waals surface area contributed by atoms with Crippen molar-refractivity contribution in [2.45, 2.75) is 63.7 Å². The van der Waals surface area contributed by atoms with Crippen molar-refractivity contribution in [3.63, 3.8) is 0 Å². The third kappa shape index (κ3) is 5.36. The highest BCUT2D eigenvalue weighted by Crippen LogP contribution is 2.26. The molecule has 1 aromatic heterocycles. The van der Waals surface area contributed by atoms with E-state index >= 15 is 0 Å². The molecule has 3 rings (SSSR count). The van der Waals surface area contributed by atoms with Crippen molar-refractivity contribution in [2.24, 2.45) is 0 Å². The average molecular weight is 411 g/mol. The van der Waals surface area contributed by atoms with E-state index in [0.717, 1.165) is 29.4 Å². The number of nitrogens with one attached hydrogen (secondary N) is 1. The highest BCUT2D eigenvalue weighted by Gasteiger charge is 2.19. The number of pyridine rings is 1. The molecular formula is C24H30N2O2S. The summed E-state index contributed by atoms with van der Waals surface area (Å²) < 4.78 is 29.0. The number of anilines is 1. The van der Waals surface area contributed by atoms with Crippen LogP contribution in [0.2, 0.25) is 0 Å². The first kappa shape index (κ1) is 21.3. The Labute approximate surface area is 174 Å². The lowest BCUT2D eigenvalue weighted by atomic mass is 10.0. The summed E-state index contributed by atoms with van der Waals surface area (Å²) in [5.74, 6) is 0. The number of hydrogen-bond donors (Lipinski definition) is 1. The lowest BCUT2D eigenvalue weighted by Gasteiger charge is -2.14. The van der Waals surface area contributed by atoms with Gasteiger partial charge in [0.25, 0.3) is 10.0 Å². The molecule has 0 fully saturated rings. The van der Waals surface area contributed by atoms with E-state index in [-0.39, 0.29) is 0 Å². The minimum atomic E-state index is -3.69. The molecule has 1 N–H and O–H groups in total. The van der Waals surface area contributed by atoms with Crippen LogP contribution in [0.5, 0.6) is 0 Å². The van der Waals surface area contributed by atoms with Crippen LogP contribution in [-0.4, -0.2) is 13.4 Å². The van der Waals surface area contributed by atoms with Crippen LogP contribution in [0.15, 0.2) is 59.6 Å². The molecule has 0 aliphatic rings. The molecule has 0 saturated carbocycles. The second kappa shape index (κ2) is 9.88. The van der Waals surface area contributed by atoms with Gasteiger partial charge >= 0.3 is 0 Å². The van der Waals surface area contributed by atoms with E-state index in [2.05, 4.69) is 16.6 Å². The van der Waals surface area contributed by atoms with Crippen LogP contribution >= 0.6 is 0 Å². The molecule has 0 atom stereocenters. The summed E-state index contributed by atoms with van der Waals surface area (Å²) in [5, 5.41) is 0.904. The molecular weight excluding hydrogens is 380 g/mol. The minimum absolute atomic E-state index is 0.342. The zero-order valence-electron chi connectivity index (χ0n) is 17.3. The average Bonchev–Trinajstić information content (AvgIpc) is 2.71. The molecule has 1 heterocycles. The van der Waals surface area contributed by atoms with E-state index < -0.39 is 10.0 Å². The third-order valence-corrected chi connectivity index (χ3v) is 6.87. The Hall–Kier alpha value is -2.40. The molecule has 0 saturated heterocycles. The quantitative estimate of drug-likeness (QED) is 0.402. The molecule has 0 radical (unpaired) electrons. The molecule has 29 heavy (non-hydrogen) atoms. The fourth-order valence-corrected chi connectivity index (χ4v) is 5.06. The molecule has 0 bridgehead atoms. The van der Waals surface area contributed by atoms with E-state index in [9.17, 15) is 8.42 Å². The van der Waals surface area contributed by atoms with Crippen LogP contribution in [0.1, 0.15) is 56.6 Å². The number of nitrogens with zero attached hydrogens (tertiary/aromatic N) is 1. The fourth-order valence-electron chi connectivity index (χ4n) is 3.70. The van der Waals surface area contributed by atoms with Crippen LogP contribution in [0.4, 0.5) is 5.69 Å². The highest BCUT2D eigenvalue weighted by atomic mass is 32.2. The Morgan fingerprint density at radius 2 is 1.62 bits per heavy atom. The van der Waals surface area contributed by atoms with Gasteiger partial charge < -0.3 is 0 Å². The van der Waals surface area contributed by atoms with Crippen LogP contribution in [-0.2, 0) is 16.4 Å². The van der Waals surface area contributed by atoms with Crippen molar-refractivity contribution in [2.75, 3.05) is 4.72 Å². The standard InChI is InChI=1S/C24H30N2O2S/c1-3-4-5-6-7-8-12-20-13-10-17-23(19(20)2)29(27,28)26-22-16-9-14-21-15-11-18-25-24(21)22/h9-11,13-18,26H,3-8,12H2,1-2H3. The Morgan fingerprint density at radius 1 is 0.897 bits per heavy atom. The van der Waals surface area contributed by atoms with Gasteiger partial charge in [-0.1, -0.05) is 69.4 Å². The first-order chi connectivity index (χ1) is 14.0. The molecule has 5 heteroatoms. The summed E-state index contributed by atoms with van der Waals surface area (Å²) in [6.07, 6.45) is 9.95. The molecule has 2 aromatic carbocycles. The second-order valence-corrected chi connectivity index (χ2v) is 9.20. The van der Waals surface area contributed by atoms with Crippen LogP contribution < -0.4 is 4.72 Å². The maximum Gasteiger partial charge on any atom is 0.262 e. The van der Waals surface area contributed by atoms with Crippen molar-refractivity contribution >= 4 is 26.6 Å². The van der Waals surface area contributed by atoms with E-state index in [1.165, 1.54) is 32.1 Å². The normalized spacial score (nSPS) is 11.7. The monoisotopic (exact) mass is 410 g/mol. The van der Waals surface area contributed by atoms with Crippen LogP contribution in [0.25, 0.3) is 10.9 Å². The zero-order valence-corrected chi connectivity index (χ0v) is 18.1. The molecule has 4 nitrogen and oxygen atoms in total. The van der Waals surface area contributed by atoms with E-state index in [1.54, 1.807) is 18.3 Å². The second-order valence-electron chi connectivity index (χ2n) is 7.54. The molecule has 0 aliphatic heterocycles. The van der Waals surface area contributed by atoms with Gasteiger partial charge in [0.1, 0.15) is 0 Å². The Bertz CT molecular complexity index is 1060. The number of para-hydroxylation sites is 1. The van der Waals surface area contributed by atoms with Gasteiger partial charge in [-0.05, 0) is 49.1 Å². The van der Waals surface area contributed by atoms with Crippen LogP contribution in [0.3, 0.4) is 0 Å². The number of sulfonamides is 1. The van der Waals surface area contributed by atoms with Gasteiger partial charge in [-0.3, -0.25) is 9.71 Å². The number of fused-ring (bicyclic) bond motifs is 1. The molecule has 0 unspecified atom stereocenters. The van der Waals surface area contributed by atoms with Crippen LogP contribution in [0, 0.1) is 6.92 Å². The topological polar surface area (TPSA) is 59.1 Å². The SMILES string of the molecule is CCCCCCCCc1cccc(S(=O)(=O)Nc2cccc3cccnc23)c1C. The summed E-state index contributed by atoms with van der Waals surface area (Å²) in [5.41, 5.74) is 3.10. The number of hydrogen-bond acceptors (Lipinski definition) is 3. The molecule has 154 valence electrons. The van der Waals surface area contributed by atoms with Crippen molar-refractivity contribution in [1.29, 1.82) is 0 Å². The van der Waals surface area contributed by atoms with Crippen molar-refractivity contribution < 1.29 is 8.42 Å². The third-order valence-electron chi connectivity index (χ3n) is 5.36. The molecule has 0 aliphatic carbocycles. The summed E-state index contributed by atoms with van der Waals surface area (Å²) in [4.78, 5) is 4.68. The first-order valence-electron chi connectivity index (χ1n) is 10.5. The molecule has 0 amide bonds. The van der Waals surface area contributed by atoms with E-state index in [0.29, 0.717) is 16.1 Å². The summed E-state index contributed by atoms with van der Waals surface area (Å²) in [7, 11) is -3.69. The van der Waals surface area contributed by atoms with Gasteiger partial charge in [0, 0.05) is 11.6 Å². The van der Waals surface area contributed by atoms with Crippen molar-refractivity contribution in [3.05, 3.63) is 65.9 Å². The molecule has 0 spiro atoms. The van der Waals surface area contributed by atoms with Gasteiger partial charge in [0.2, 0.25) is 0 Å². The van der Waals surface area contributed by atoms with Gasteiger partial charge in [-0.15, -0.1) is 0 Å². The summed E-state index contributed by atoms with van der Waals surface area (Å²) in [6.45, 7) is 4.12. The maximum absolute atomic E-state index is 13.1. The fraction of sp³-hybridized carbons (Fsp3) is 0.375. The lowest BCUT2D eigenvalue weighted by Crippen LogP contribution is -2.15. The minimum Gasteiger partial charge on any atom is -0.277 e. The predicted octanol–water partition coefficient (Wildman–Crippen LogP) is 6.25. The summed E-state index contributed by atoms with van der Waals surface area (Å²) in [6, 6.07) is 14.8. The lowest BCUT2D eigenvalue weighted by molar-refractivity contribution is 0.599.